The molecule has 0 spiro atoms. The van der Waals surface area contributed by atoms with Gasteiger partial charge in [-0.1, -0.05) is 0 Å². The molecule has 0 amide bonds. The van der Waals surface area contributed by atoms with Crippen molar-refractivity contribution in [2.24, 2.45) is 7.05 Å². The van der Waals surface area contributed by atoms with E-state index in [2.05, 4.69) is 32.3 Å². The molecule has 0 aliphatic carbocycles. The van der Waals surface area contributed by atoms with Gasteiger partial charge >= 0.3 is 0 Å². The van der Waals surface area contributed by atoms with Crippen molar-refractivity contribution in [3.8, 4) is 0 Å². The highest BCUT2D eigenvalue weighted by molar-refractivity contribution is 7.98. The maximum atomic E-state index is 4.61. The lowest BCUT2D eigenvalue weighted by Crippen LogP contribution is -2.05. The molecule has 21 heavy (non-hydrogen) atoms. The number of aromatic nitrogens is 5. The highest BCUT2D eigenvalue weighted by Gasteiger charge is 2.11. The van der Waals surface area contributed by atoms with Crippen LogP contribution in [0, 0.1) is 0 Å². The molecule has 0 saturated carbocycles. The van der Waals surface area contributed by atoms with Crippen LogP contribution in [0.5, 0.6) is 0 Å². The van der Waals surface area contributed by atoms with E-state index < -0.39 is 0 Å². The molecule has 6 nitrogen and oxygen atoms in total. The first-order valence-electron chi connectivity index (χ1n) is 6.73. The van der Waals surface area contributed by atoms with Crippen molar-refractivity contribution in [3.05, 3.63) is 36.5 Å². The van der Waals surface area contributed by atoms with Gasteiger partial charge < -0.3 is 5.32 Å². The molecular weight excluding hydrogens is 284 g/mol. The fraction of sp³-hybridized carbons (Fsp3) is 0.286. The summed E-state index contributed by atoms with van der Waals surface area (Å²) in [7, 11) is 1.89. The molecule has 0 saturated heterocycles. The van der Waals surface area contributed by atoms with E-state index in [0.29, 0.717) is 5.75 Å². The second-order valence-electron chi connectivity index (χ2n) is 4.50. The number of hydrogen-bond acceptors (Lipinski definition) is 6. The first-order chi connectivity index (χ1) is 10.3. The third-order valence-electron chi connectivity index (χ3n) is 3.00. The van der Waals surface area contributed by atoms with Crippen LogP contribution in [-0.4, -0.2) is 31.3 Å². The molecule has 0 aliphatic rings. The first-order valence-corrected chi connectivity index (χ1v) is 7.72. The molecule has 3 heterocycles. The zero-order valence-corrected chi connectivity index (χ0v) is 12.8. The molecule has 1 N–H and O–H groups in total. The molecule has 0 atom stereocenters. The summed E-state index contributed by atoms with van der Waals surface area (Å²) in [4.78, 5) is 14.4. The summed E-state index contributed by atoms with van der Waals surface area (Å²) < 4.78 is 1.78. The lowest BCUT2D eigenvalue weighted by molar-refractivity contribution is 0.782. The van der Waals surface area contributed by atoms with Crippen LogP contribution >= 0.6 is 11.8 Å². The van der Waals surface area contributed by atoms with Gasteiger partial charge in [0.1, 0.15) is 11.6 Å². The average Bonchev–Trinajstić information content (AvgIpc) is 2.88. The van der Waals surface area contributed by atoms with Crippen LogP contribution in [0.25, 0.3) is 11.0 Å². The number of fused-ring (bicyclic) bond motifs is 1. The number of anilines is 1. The van der Waals surface area contributed by atoms with E-state index in [1.165, 1.54) is 0 Å². The predicted octanol–water partition coefficient (Wildman–Crippen LogP) is 2.48. The van der Waals surface area contributed by atoms with Crippen LogP contribution in [0.15, 0.2) is 35.6 Å². The summed E-state index contributed by atoms with van der Waals surface area (Å²) in [5.41, 5.74) is 0.853. The van der Waals surface area contributed by atoms with Crippen molar-refractivity contribution in [1.29, 1.82) is 0 Å². The smallest absolute Gasteiger partial charge is 0.163 e. The minimum absolute atomic E-state index is 0.712. The van der Waals surface area contributed by atoms with Gasteiger partial charge in [-0.2, -0.15) is 5.10 Å². The van der Waals surface area contributed by atoms with Crippen molar-refractivity contribution in [2.75, 3.05) is 11.9 Å². The lowest BCUT2D eigenvalue weighted by Gasteiger charge is -2.07. The van der Waals surface area contributed by atoms with Gasteiger partial charge in [-0.3, -0.25) is 9.67 Å². The minimum Gasteiger partial charge on any atom is -0.370 e. The first kappa shape index (κ1) is 13.8. The van der Waals surface area contributed by atoms with Crippen molar-refractivity contribution in [3.63, 3.8) is 0 Å². The highest BCUT2D eigenvalue weighted by Crippen LogP contribution is 2.24. The van der Waals surface area contributed by atoms with Crippen LogP contribution in [0.1, 0.15) is 12.7 Å². The largest absolute Gasteiger partial charge is 0.370 e. The lowest BCUT2D eigenvalue weighted by atomic mass is 10.4. The van der Waals surface area contributed by atoms with Gasteiger partial charge in [0.15, 0.2) is 5.65 Å². The van der Waals surface area contributed by atoms with E-state index in [1.807, 2.05) is 19.2 Å². The molecule has 0 fully saturated rings. The highest BCUT2D eigenvalue weighted by atomic mass is 32.2. The number of aryl methyl sites for hydroxylation is 1. The average molecular weight is 300 g/mol. The number of rotatable bonds is 5. The Hall–Kier alpha value is -2.15. The van der Waals surface area contributed by atoms with Gasteiger partial charge in [0.2, 0.25) is 0 Å². The van der Waals surface area contributed by atoms with Crippen molar-refractivity contribution in [1.82, 2.24) is 24.7 Å². The van der Waals surface area contributed by atoms with Crippen molar-refractivity contribution >= 4 is 28.6 Å². The van der Waals surface area contributed by atoms with E-state index >= 15 is 0 Å². The van der Waals surface area contributed by atoms with E-state index in [9.17, 15) is 0 Å². The fourth-order valence-corrected chi connectivity index (χ4v) is 2.76. The summed E-state index contributed by atoms with van der Waals surface area (Å²) in [5, 5.41) is 8.49. The Morgan fingerprint density at radius 3 is 2.81 bits per heavy atom. The summed E-state index contributed by atoms with van der Waals surface area (Å²) in [6, 6.07) is 3.97. The predicted molar refractivity (Wildman–Crippen MR) is 84.3 cm³/mol. The van der Waals surface area contributed by atoms with Gasteiger partial charge in [-0.25, -0.2) is 9.97 Å². The standard InChI is InChI=1S/C14H16N6S/c1-3-16-13-11-8-17-20(2)14(11)19-12(18-13)9-21-10-4-6-15-7-5-10/h4-8H,3,9H2,1-2H3,(H,16,18,19). The summed E-state index contributed by atoms with van der Waals surface area (Å²) >= 11 is 1.69. The Morgan fingerprint density at radius 2 is 2.05 bits per heavy atom. The molecule has 3 aromatic heterocycles. The second-order valence-corrected chi connectivity index (χ2v) is 5.54. The Balaban J connectivity index is 1.89. The van der Waals surface area contributed by atoms with Crippen LogP contribution in [0.3, 0.4) is 0 Å². The van der Waals surface area contributed by atoms with Crippen LogP contribution in [-0.2, 0) is 12.8 Å². The quantitative estimate of drug-likeness (QED) is 0.730. The molecule has 0 bridgehead atoms. The minimum atomic E-state index is 0.712. The molecule has 3 aromatic rings. The topological polar surface area (TPSA) is 68.5 Å². The van der Waals surface area contributed by atoms with Gasteiger partial charge in [0.05, 0.1) is 17.3 Å². The molecule has 0 aromatic carbocycles. The summed E-state index contributed by atoms with van der Waals surface area (Å²) in [6.45, 7) is 2.87. The Morgan fingerprint density at radius 1 is 1.24 bits per heavy atom. The number of thioether (sulfide) groups is 1. The SMILES string of the molecule is CCNc1nc(CSc2ccncc2)nc2c1cnn2C. The monoisotopic (exact) mass is 300 g/mol. The number of nitrogens with one attached hydrogen (secondary N) is 1. The normalized spacial score (nSPS) is 11.0. The third-order valence-corrected chi connectivity index (χ3v) is 4.01. The van der Waals surface area contributed by atoms with E-state index in [0.717, 1.165) is 34.1 Å². The molecule has 0 aliphatic heterocycles. The fourth-order valence-electron chi connectivity index (χ4n) is 2.02. The Bertz CT molecular complexity index is 740. The van der Waals surface area contributed by atoms with E-state index in [1.54, 1.807) is 35.0 Å². The Labute approximate surface area is 127 Å². The van der Waals surface area contributed by atoms with Crippen LogP contribution < -0.4 is 5.32 Å². The van der Waals surface area contributed by atoms with Gasteiger partial charge in [-0.05, 0) is 19.1 Å². The summed E-state index contributed by atoms with van der Waals surface area (Å²) in [6.07, 6.45) is 5.38. The second kappa shape index (κ2) is 6.09. The van der Waals surface area contributed by atoms with Gasteiger partial charge in [0.25, 0.3) is 0 Å². The molecule has 108 valence electrons. The number of pyridine rings is 1. The van der Waals surface area contributed by atoms with Crippen molar-refractivity contribution < 1.29 is 0 Å². The van der Waals surface area contributed by atoms with Crippen molar-refractivity contribution in [2.45, 2.75) is 17.6 Å². The zero-order valence-electron chi connectivity index (χ0n) is 11.9. The molecule has 7 heteroatoms. The van der Waals surface area contributed by atoms with Crippen LogP contribution in [0.2, 0.25) is 0 Å². The van der Waals surface area contributed by atoms with Gasteiger partial charge in [-0.15, -0.1) is 11.8 Å². The maximum absolute atomic E-state index is 4.61. The van der Waals surface area contributed by atoms with E-state index in [-0.39, 0.29) is 0 Å². The molecular formula is C14H16N6S. The zero-order chi connectivity index (χ0) is 14.7. The molecule has 3 rings (SSSR count). The molecule has 0 radical (unpaired) electrons. The summed E-state index contributed by atoms with van der Waals surface area (Å²) in [5.74, 6) is 2.36. The third kappa shape index (κ3) is 2.97. The maximum Gasteiger partial charge on any atom is 0.163 e. The van der Waals surface area contributed by atoms with E-state index in [4.69, 9.17) is 0 Å². The van der Waals surface area contributed by atoms with Crippen LogP contribution in [0.4, 0.5) is 5.82 Å². The Kier molecular flexibility index (Phi) is 4.01. The number of hydrogen-bond donors (Lipinski definition) is 1. The number of nitrogens with zero attached hydrogens (tertiary/aromatic N) is 5. The van der Waals surface area contributed by atoms with Gasteiger partial charge in [0, 0.05) is 30.9 Å². The molecule has 0 unspecified atom stereocenters.